The van der Waals surface area contributed by atoms with Crippen LogP contribution in [0.5, 0.6) is 0 Å². The van der Waals surface area contributed by atoms with Gasteiger partial charge in [0.05, 0.1) is 33.5 Å². The quantitative estimate of drug-likeness (QED) is 0.180. The molecule has 0 fully saturated rings. The summed E-state index contributed by atoms with van der Waals surface area (Å²) in [4.78, 5) is 9.81. The first-order chi connectivity index (χ1) is 24.5. The highest BCUT2D eigenvalue weighted by molar-refractivity contribution is 6.01. The zero-order valence-electron chi connectivity index (χ0n) is 28.5. The summed E-state index contributed by atoms with van der Waals surface area (Å²) in [6.07, 6.45) is 8.72. The van der Waals surface area contributed by atoms with Crippen LogP contribution >= 0.6 is 0 Å². The minimum atomic E-state index is 0.926. The van der Waals surface area contributed by atoms with Gasteiger partial charge in [0.1, 0.15) is 11.6 Å². The number of hydrogen-bond donors (Lipinski definition) is 0. The highest BCUT2D eigenvalue weighted by Gasteiger charge is 2.18. The van der Waals surface area contributed by atoms with E-state index in [9.17, 15) is 0 Å². The van der Waals surface area contributed by atoms with Crippen LogP contribution in [0.1, 0.15) is 22.8 Å². The smallest absolute Gasteiger partial charge is 0.133 e. The molecule has 6 nitrogen and oxygen atoms in total. The Bertz CT molecular complexity index is 2600. The molecule has 4 aromatic heterocycles. The second kappa shape index (κ2) is 11.6. The number of nitrogens with zero attached hydrogens (tertiary/aromatic N) is 6. The van der Waals surface area contributed by atoms with Crippen LogP contribution in [0.15, 0.2) is 121 Å². The Morgan fingerprint density at radius 3 is 1.14 bits per heavy atom. The van der Waals surface area contributed by atoms with Gasteiger partial charge in [-0.25, -0.2) is 9.97 Å². The molecule has 0 aliphatic carbocycles. The molecule has 0 spiro atoms. The van der Waals surface area contributed by atoms with Crippen molar-refractivity contribution in [2.45, 2.75) is 0 Å². The van der Waals surface area contributed by atoms with E-state index in [1.807, 2.05) is 12.1 Å². The summed E-state index contributed by atoms with van der Waals surface area (Å²) in [5, 5.41) is 2.43. The third-order valence-electron chi connectivity index (χ3n) is 10.2. The number of hydrogen-bond acceptors (Lipinski definition) is 2. The van der Waals surface area contributed by atoms with E-state index in [1.165, 1.54) is 44.3 Å². The van der Waals surface area contributed by atoms with Gasteiger partial charge in [-0.2, -0.15) is 0 Å². The Labute approximate surface area is 290 Å². The van der Waals surface area contributed by atoms with Gasteiger partial charge in [0.25, 0.3) is 0 Å². The first-order valence-electron chi connectivity index (χ1n) is 16.9. The average molecular weight is 649 g/mol. The number of benzene rings is 5. The first-order valence-corrected chi connectivity index (χ1v) is 16.9. The van der Waals surface area contributed by atoms with E-state index in [-0.39, 0.29) is 0 Å². The molecule has 4 heterocycles. The Hall–Kier alpha value is -6.40. The molecule has 0 saturated heterocycles. The second-order valence-corrected chi connectivity index (χ2v) is 13.0. The van der Waals surface area contributed by atoms with E-state index < -0.39 is 0 Å². The lowest BCUT2D eigenvalue weighted by molar-refractivity contribution is 0.930. The minimum Gasteiger partial charge on any atom is -0.343 e. The maximum atomic E-state index is 4.90. The predicted molar refractivity (Wildman–Crippen MR) is 210 cm³/mol. The molecule has 9 aromatic rings. The molecule has 0 radical (unpaired) electrons. The largest absolute Gasteiger partial charge is 0.343 e. The third kappa shape index (κ3) is 4.64. The summed E-state index contributed by atoms with van der Waals surface area (Å²) in [6, 6.07) is 42.8. The van der Waals surface area contributed by atoms with E-state index in [0.717, 1.165) is 44.8 Å². The lowest BCUT2D eigenvalue weighted by Crippen LogP contribution is -1.95. The molecular weight excluding hydrogens is 613 g/mol. The van der Waals surface area contributed by atoms with Crippen LogP contribution in [0.3, 0.4) is 0 Å². The number of imidazole rings is 2. The summed E-state index contributed by atoms with van der Waals surface area (Å²) < 4.78 is 8.91. The van der Waals surface area contributed by atoms with E-state index in [0.29, 0.717) is 0 Å². The highest BCUT2D eigenvalue weighted by Crippen LogP contribution is 2.38. The van der Waals surface area contributed by atoms with Crippen LogP contribution in [0.2, 0.25) is 0 Å². The maximum Gasteiger partial charge on any atom is 0.133 e. The molecule has 0 aliphatic heterocycles. The van der Waals surface area contributed by atoms with Gasteiger partial charge in [0.15, 0.2) is 0 Å². The topological polar surface area (TPSA) is 45.5 Å². The van der Waals surface area contributed by atoms with Crippen molar-refractivity contribution in [1.82, 2.24) is 28.2 Å². The van der Waals surface area contributed by atoms with Crippen molar-refractivity contribution < 1.29 is 0 Å². The fraction of sp³-hybridized carbons (Fsp3) is 0.0909. The number of aryl methyl sites for hydroxylation is 4. The van der Waals surface area contributed by atoms with Gasteiger partial charge in [-0.1, -0.05) is 84.9 Å². The van der Waals surface area contributed by atoms with Gasteiger partial charge in [0, 0.05) is 61.1 Å². The van der Waals surface area contributed by atoms with E-state index in [4.69, 9.17) is 9.97 Å². The average Bonchev–Trinajstić information content (AvgIpc) is 3.84. The molecule has 0 amide bonds. The van der Waals surface area contributed by atoms with Gasteiger partial charge in [-0.15, -0.1) is 0 Å². The SMILES string of the molecule is Cn1c(C=Cc2c(-c3ccc(-c4c(C=Cc5nc6ccccc6n5C)c5ccccc5n4C)cc3)n(C)c3ccccc23)nc2ccccc21. The van der Waals surface area contributed by atoms with Crippen molar-refractivity contribution in [1.29, 1.82) is 0 Å². The number of rotatable bonds is 6. The molecule has 0 atom stereocenters. The van der Waals surface area contributed by atoms with Crippen LogP contribution in [-0.2, 0) is 28.2 Å². The van der Waals surface area contributed by atoms with E-state index in [1.54, 1.807) is 0 Å². The van der Waals surface area contributed by atoms with Crippen molar-refractivity contribution in [2.24, 2.45) is 28.2 Å². The normalized spacial score (nSPS) is 12.2. The Balaban J connectivity index is 1.15. The van der Waals surface area contributed by atoms with Crippen molar-refractivity contribution in [3.05, 3.63) is 144 Å². The number of aromatic nitrogens is 6. The standard InChI is InChI=1S/C44H36N6/c1-47-39-19-11-7-15-35(39)45-41(47)27-25-33-31-13-5-9-17-37(31)49(3)43(33)29-21-23-30(24-22-29)44-34(32-14-6-10-18-38(32)50(44)4)26-28-42-46-36-16-8-12-20-40(36)48(42)2/h5-28H,1-4H3. The molecule has 9 rings (SSSR count). The molecule has 6 heteroatoms. The number of para-hydroxylation sites is 6. The van der Waals surface area contributed by atoms with Crippen LogP contribution in [0, 0.1) is 0 Å². The lowest BCUT2D eigenvalue weighted by Gasteiger charge is -2.10. The van der Waals surface area contributed by atoms with Crippen LogP contribution in [0.25, 0.3) is 90.7 Å². The molecule has 242 valence electrons. The van der Waals surface area contributed by atoms with E-state index >= 15 is 0 Å². The molecule has 5 aromatic carbocycles. The van der Waals surface area contributed by atoms with Crippen molar-refractivity contribution in [2.75, 3.05) is 0 Å². The molecule has 50 heavy (non-hydrogen) atoms. The molecule has 0 aliphatic rings. The molecule has 0 bridgehead atoms. The maximum absolute atomic E-state index is 4.90. The molecule has 0 N–H and O–H groups in total. The van der Waals surface area contributed by atoms with Gasteiger partial charge >= 0.3 is 0 Å². The van der Waals surface area contributed by atoms with Gasteiger partial charge < -0.3 is 18.3 Å². The Kier molecular flexibility index (Phi) is 6.92. The second-order valence-electron chi connectivity index (χ2n) is 13.0. The van der Waals surface area contributed by atoms with Gasteiger partial charge in [-0.3, -0.25) is 0 Å². The van der Waals surface area contributed by atoms with Gasteiger partial charge in [-0.05, 0) is 71.8 Å². The highest BCUT2D eigenvalue weighted by atomic mass is 15.1. The van der Waals surface area contributed by atoms with Crippen LogP contribution in [0.4, 0.5) is 0 Å². The summed E-state index contributed by atoms with van der Waals surface area (Å²) in [5.41, 5.74) is 13.7. The fourth-order valence-electron chi connectivity index (χ4n) is 7.61. The van der Waals surface area contributed by atoms with Crippen molar-refractivity contribution in [3.8, 4) is 22.5 Å². The Morgan fingerprint density at radius 1 is 0.380 bits per heavy atom. The zero-order valence-corrected chi connectivity index (χ0v) is 28.5. The third-order valence-corrected chi connectivity index (χ3v) is 10.2. The zero-order chi connectivity index (χ0) is 33.9. The molecular formula is C44H36N6. The first kappa shape index (κ1) is 29.7. The Morgan fingerprint density at radius 2 is 0.740 bits per heavy atom. The predicted octanol–water partition coefficient (Wildman–Crippen LogP) is 10.1. The van der Waals surface area contributed by atoms with Crippen LogP contribution in [-0.4, -0.2) is 28.2 Å². The summed E-state index contributed by atoms with van der Waals surface area (Å²) >= 11 is 0. The number of fused-ring (bicyclic) bond motifs is 4. The lowest BCUT2D eigenvalue weighted by atomic mass is 10.00. The van der Waals surface area contributed by atoms with Crippen molar-refractivity contribution >= 4 is 68.2 Å². The summed E-state index contributed by atoms with van der Waals surface area (Å²) in [7, 11) is 8.47. The minimum absolute atomic E-state index is 0.926. The molecule has 0 unspecified atom stereocenters. The summed E-state index contributed by atoms with van der Waals surface area (Å²) in [6.45, 7) is 0. The summed E-state index contributed by atoms with van der Waals surface area (Å²) in [5.74, 6) is 1.85. The van der Waals surface area contributed by atoms with Crippen molar-refractivity contribution in [3.63, 3.8) is 0 Å². The van der Waals surface area contributed by atoms with E-state index in [2.05, 4.69) is 180 Å². The molecule has 0 saturated carbocycles. The van der Waals surface area contributed by atoms with Gasteiger partial charge in [0.2, 0.25) is 0 Å². The fourth-order valence-corrected chi connectivity index (χ4v) is 7.61. The van der Waals surface area contributed by atoms with Crippen LogP contribution < -0.4 is 0 Å². The monoisotopic (exact) mass is 648 g/mol.